The van der Waals surface area contributed by atoms with Gasteiger partial charge in [-0.05, 0) is 67.7 Å². The number of aryl methyl sites for hydroxylation is 2. The van der Waals surface area contributed by atoms with Gasteiger partial charge in [-0.3, -0.25) is 0 Å². The number of allylic oxidation sites excluding steroid dienone is 4. The Labute approximate surface area is 170 Å². The molecule has 0 amide bonds. The Bertz CT molecular complexity index is 1040. The number of hydrogen-bond acceptors (Lipinski definition) is 0. The van der Waals surface area contributed by atoms with E-state index in [9.17, 15) is 13.2 Å². The van der Waals surface area contributed by atoms with E-state index in [-0.39, 0.29) is 10.9 Å². The molecule has 0 spiro atoms. The highest BCUT2D eigenvalue weighted by Crippen LogP contribution is 2.33. The van der Waals surface area contributed by atoms with Gasteiger partial charge in [0.05, 0.1) is 5.39 Å². The standard InChI is InChI=1S/C26H25F3/c1-3-5-7-9-18-11-13-19(14-12-18)22-17-21-16-15-20(10-8-6-4-2)24(27)23(21)26(29)25(22)28/h3-6,11-17H,7-10H2,1-2H3/b5-3+,6-4+. The molecule has 0 N–H and O–H groups in total. The number of rotatable bonds is 7. The summed E-state index contributed by atoms with van der Waals surface area (Å²) in [5.41, 5.74) is 2.25. The summed E-state index contributed by atoms with van der Waals surface area (Å²) in [7, 11) is 0. The van der Waals surface area contributed by atoms with Crippen LogP contribution in [-0.2, 0) is 12.8 Å². The lowest BCUT2D eigenvalue weighted by atomic mass is 9.96. The van der Waals surface area contributed by atoms with Gasteiger partial charge in [-0.15, -0.1) is 0 Å². The first kappa shape index (κ1) is 20.9. The summed E-state index contributed by atoms with van der Waals surface area (Å²) < 4.78 is 44.5. The van der Waals surface area contributed by atoms with Crippen LogP contribution in [0.4, 0.5) is 13.2 Å². The minimum Gasteiger partial charge on any atom is -0.206 e. The van der Waals surface area contributed by atoms with E-state index in [0.29, 0.717) is 29.4 Å². The van der Waals surface area contributed by atoms with Gasteiger partial charge in [0, 0.05) is 5.56 Å². The SMILES string of the molecule is C/C=C/CCc1ccc(-c2cc3ccc(CC/C=C/C)c(F)c3c(F)c2F)cc1. The zero-order chi connectivity index (χ0) is 20.8. The molecule has 0 atom stereocenters. The predicted octanol–water partition coefficient (Wildman–Crippen LogP) is 7.94. The number of fused-ring (bicyclic) bond motifs is 1. The van der Waals surface area contributed by atoms with Crippen molar-refractivity contribution in [3.8, 4) is 11.1 Å². The molecule has 0 aliphatic carbocycles. The Morgan fingerprint density at radius 1 is 0.724 bits per heavy atom. The van der Waals surface area contributed by atoms with E-state index >= 15 is 0 Å². The van der Waals surface area contributed by atoms with Crippen LogP contribution >= 0.6 is 0 Å². The Hall–Kier alpha value is -2.81. The monoisotopic (exact) mass is 394 g/mol. The molecule has 29 heavy (non-hydrogen) atoms. The quantitative estimate of drug-likeness (QED) is 0.357. The molecule has 3 rings (SSSR count). The molecule has 0 aliphatic rings. The summed E-state index contributed by atoms with van der Waals surface area (Å²) in [6.07, 6.45) is 10.8. The molecule has 0 nitrogen and oxygen atoms in total. The van der Waals surface area contributed by atoms with Gasteiger partial charge < -0.3 is 0 Å². The fourth-order valence-corrected chi connectivity index (χ4v) is 3.50. The van der Waals surface area contributed by atoms with Crippen LogP contribution in [0.3, 0.4) is 0 Å². The van der Waals surface area contributed by atoms with Crippen LogP contribution in [-0.4, -0.2) is 0 Å². The van der Waals surface area contributed by atoms with E-state index in [1.165, 1.54) is 6.07 Å². The second-order valence-electron chi connectivity index (χ2n) is 7.10. The third kappa shape index (κ3) is 4.61. The Morgan fingerprint density at radius 2 is 1.38 bits per heavy atom. The lowest BCUT2D eigenvalue weighted by Gasteiger charge is -2.11. The normalized spacial score (nSPS) is 11.9. The van der Waals surface area contributed by atoms with Crippen LogP contribution in [0.15, 0.2) is 66.8 Å². The molecule has 0 saturated carbocycles. The second-order valence-corrected chi connectivity index (χ2v) is 7.10. The van der Waals surface area contributed by atoms with Gasteiger partial charge in [-0.1, -0.05) is 60.7 Å². The third-order valence-corrected chi connectivity index (χ3v) is 5.12. The van der Waals surface area contributed by atoms with Gasteiger partial charge in [0.15, 0.2) is 11.6 Å². The van der Waals surface area contributed by atoms with Crippen molar-refractivity contribution in [2.45, 2.75) is 39.5 Å². The average molecular weight is 394 g/mol. The van der Waals surface area contributed by atoms with Crippen molar-refractivity contribution in [1.82, 2.24) is 0 Å². The average Bonchev–Trinajstić information content (AvgIpc) is 2.73. The van der Waals surface area contributed by atoms with Crippen LogP contribution in [0, 0.1) is 17.5 Å². The number of hydrogen-bond donors (Lipinski definition) is 0. The van der Waals surface area contributed by atoms with Crippen molar-refractivity contribution in [2.75, 3.05) is 0 Å². The molecule has 0 heterocycles. The van der Waals surface area contributed by atoms with E-state index in [2.05, 4.69) is 6.08 Å². The van der Waals surface area contributed by atoms with Gasteiger partial charge in [0.1, 0.15) is 5.82 Å². The lowest BCUT2D eigenvalue weighted by molar-refractivity contribution is 0.513. The highest BCUT2D eigenvalue weighted by molar-refractivity contribution is 5.89. The van der Waals surface area contributed by atoms with E-state index in [1.54, 1.807) is 24.3 Å². The molecule has 3 aromatic rings. The summed E-state index contributed by atoms with van der Waals surface area (Å²) >= 11 is 0. The maximum absolute atomic E-state index is 14.8. The molecule has 0 bridgehead atoms. The summed E-state index contributed by atoms with van der Waals surface area (Å²) in [4.78, 5) is 0. The highest BCUT2D eigenvalue weighted by Gasteiger charge is 2.19. The molecule has 0 aliphatic heterocycles. The molecule has 0 aromatic heterocycles. The van der Waals surface area contributed by atoms with Crippen molar-refractivity contribution in [1.29, 1.82) is 0 Å². The number of benzene rings is 3. The molecule has 0 unspecified atom stereocenters. The van der Waals surface area contributed by atoms with E-state index in [4.69, 9.17) is 0 Å². The summed E-state index contributed by atoms with van der Waals surface area (Å²) in [5, 5.41) is 0.0931. The van der Waals surface area contributed by atoms with Gasteiger partial charge >= 0.3 is 0 Å². The zero-order valence-electron chi connectivity index (χ0n) is 16.8. The topological polar surface area (TPSA) is 0 Å². The van der Waals surface area contributed by atoms with Gasteiger partial charge in [0.2, 0.25) is 0 Å². The van der Waals surface area contributed by atoms with Crippen molar-refractivity contribution in [3.05, 3.63) is 95.3 Å². The van der Waals surface area contributed by atoms with Gasteiger partial charge in [-0.25, -0.2) is 13.2 Å². The summed E-state index contributed by atoms with van der Waals surface area (Å²) in [6, 6.07) is 12.3. The Kier molecular flexibility index (Phi) is 6.92. The van der Waals surface area contributed by atoms with Crippen LogP contribution < -0.4 is 0 Å². The smallest absolute Gasteiger partial charge is 0.170 e. The molecule has 3 aromatic carbocycles. The first-order chi connectivity index (χ1) is 14.1. The first-order valence-electron chi connectivity index (χ1n) is 9.97. The van der Waals surface area contributed by atoms with Crippen LogP contribution in [0.2, 0.25) is 0 Å². The summed E-state index contributed by atoms with van der Waals surface area (Å²) in [5.74, 6) is -2.81. The number of halogens is 3. The van der Waals surface area contributed by atoms with E-state index in [1.807, 2.05) is 44.2 Å². The van der Waals surface area contributed by atoms with Crippen LogP contribution in [0.25, 0.3) is 21.9 Å². The lowest BCUT2D eigenvalue weighted by Crippen LogP contribution is -1.98. The minimum absolute atomic E-state index is 0.149. The first-order valence-corrected chi connectivity index (χ1v) is 9.97. The summed E-state index contributed by atoms with van der Waals surface area (Å²) in [6.45, 7) is 3.87. The molecule has 0 saturated heterocycles. The maximum atomic E-state index is 14.8. The molecule has 150 valence electrons. The van der Waals surface area contributed by atoms with E-state index in [0.717, 1.165) is 18.4 Å². The molecular weight excluding hydrogens is 369 g/mol. The molecular formula is C26H25F3. The molecule has 3 heteroatoms. The Morgan fingerprint density at radius 3 is 2.03 bits per heavy atom. The Balaban J connectivity index is 1.98. The second kappa shape index (κ2) is 9.60. The van der Waals surface area contributed by atoms with Crippen LogP contribution in [0.5, 0.6) is 0 Å². The van der Waals surface area contributed by atoms with Crippen LogP contribution in [0.1, 0.15) is 37.8 Å². The highest BCUT2D eigenvalue weighted by atomic mass is 19.2. The van der Waals surface area contributed by atoms with Crippen molar-refractivity contribution in [3.63, 3.8) is 0 Å². The van der Waals surface area contributed by atoms with Gasteiger partial charge in [-0.2, -0.15) is 0 Å². The third-order valence-electron chi connectivity index (χ3n) is 5.12. The minimum atomic E-state index is -1.12. The van der Waals surface area contributed by atoms with Crippen molar-refractivity contribution < 1.29 is 13.2 Å². The fraction of sp³-hybridized carbons (Fsp3) is 0.231. The predicted molar refractivity (Wildman–Crippen MR) is 116 cm³/mol. The molecule has 0 fully saturated rings. The molecule has 0 radical (unpaired) electrons. The van der Waals surface area contributed by atoms with E-state index < -0.39 is 17.5 Å². The largest absolute Gasteiger partial charge is 0.206 e. The van der Waals surface area contributed by atoms with Crippen molar-refractivity contribution >= 4 is 10.8 Å². The van der Waals surface area contributed by atoms with Gasteiger partial charge in [0.25, 0.3) is 0 Å². The maximum Gasteiger partial charge on any atom is 0.170 e. The zero-order valence-corrected chi connectivity index (χ0v) is 16.8. The van der Waals surface area contributed by atoms with Crippen molar-refractivity contribution in [2.24, 2.45) is 0 Å². The fourth-order valence-electron chi connectivity index (χ4n) is 3.50.